The van der Waals surface area contributed by atoms with Crippen molar-refractivity contribution in [3.63, 3.8) is 0 Å². The van der Waals surface area contributed by atoms with Crippen molar-refractivity contribution < 1.29 is 14.7 Å². The summed E-state index contributed by atoms with van der Waals surface area (Å²) < 4.78 is 0. The van der Waals surface area contributed by atoms with Crippen LogP contribution in [0.1, 0.15) is 18.4 Å². The van der Waals surface area contributed by atoms with Crippen molar-refractivity contribution in [2.75, 3.05) is 5.43 Å². The van der Waals surface area contributed by atoms with E-state index >= 15 is 0 Å². The van der Waals surface area contributed by atoms with E-state index in [1.807, 2.05) is 31.2 Å². The Balaban J connectivity index is 2.55. The van der Waals surface area contributed by atoms with Crippen LogP contribution in [0.2, 0.25) is 0 Å². The van der Waals surface area contributed by atoms with Crippen molar-refractivity contribution in [3.05, 3.63) is 29.8 Å². The van der Waals surface area contributed by atoms with Gasteiger partial charge in [0.25, 0.3) is 0 Å². The van der Waals surface area contributed by atoms with Crippen molar-refractivity contribution in [2.45, 2.75) is 25.8 Å². The first-order chi connectivity index (χ1) is 8.50. The van der Waals surface area contributed by atoms with Gasteiger partial charge in [-0.15, -0.1) is 0 Å². The molecule has 1 atom stereocenters. The number of nitrogens with two attached hydrogens (primary N) is 1. The number of primary amides is 1. The molecule has 0 spiro atoms. The second-order valence-corrected chi connectivity index (χ2v) is 3.98. The SMILES string of the molecule is Cc1ccccc1NN[C@@H](CCC(N)=O)C(=O)O. The van der Waals surface area contributed by atoms with Crippen LogP contribution in [0.25, 0.3) is 0 Å². The first-order valence-electron chi connectivity index (χ1n) is 5.59. The number of aryl methyl sites for hydroxylation is 1. The zero-order chi connectivity index (χ0) is 13.5. The third kappa shape index (κ3) is 4.42. The molecule has 0 saturated carbocycles. The van der Waals surface area contributed by atoms with Crippen molar-refractivity contribution in [3.8, 4) is 0 Å². The van der Waals surface area contributed by atoms with Gasteiger partial charge in [-0.3, -0.25) is 9.59 Å². The lowest BCUT2D eigenvalue weighted by molar-refractivity contribution is -0.139. The predicted molar refractivity (Wildman–Crippen MR) is 67.8 cm³/mol. The molecule has 0 aliphatic carbocycles. The summed E-state index contributed by atoms with van der Waals surface area (Å²) in [5.74, 6) is -1.55. The molecule has 1 rings (SSSR count). The number of para-hydroxylation sites is 1. The summed E-state index contributed by atoms with van der Waals surface area (Å²) >= 11 is 0. The molecule has 1 amide bonds. The largest absolute Gasteiger partial charge is 0.480 e. The molecule has 6 nitrogen and oxygen atoms in total. The lowest BCUT2D eigenvalue weighted by atomic mass is 10.1. The van der Waals surface area contributed by atoms with Crippen molar-refractivity contribution in [1.82, 2.24) is 5.43 Å². The second kappa shape index (κ2) is 6.61. The highest BCUT2D eigenvalue weighted by atomic mass is 16.4. The van der Waals surface area contributed by atoms with E-state index in [9.17, 15) is 9.59 Å². The van der Waals surface area contributed by atoms with Gasteiger partial charge in [0.15, 0.2) is 0 Å². The summed E-state index contributed by atoms with van der Waals surface area (Å²) in [6, 6.07) is 6.61. The summed E-state index contributed by atoms with van der Waals surface area (Å²) in [7, 11) is 0. The molecular formula is C12H17N3O3. The van der Waals surface area contributed by atoms with E-state index in [0.29, 0.717) is 0 Å². The van der Waals surface area contributed by atoms with E-state index < -0.39 is 17.9 Å². The fourth-order valence-corrected chi connectivity index (χ4v) is 1.42. The standard InChI is InChI=1S/C12H17N3O3/c1-8-4-2-3-5-9(8)14-15-10(12(17)18)6-7-11(13)16/h2-5,10,14-15H,6-7H2,1H3,(H2,13,16)(H,17,18)/t10-/m0/s1. The molecule has 1 aromatic carbocycles. The third-order valence-corrected chi connectivity index (χ3v) is 2.50. The molecule has 0 aliphatic heterocycles. The van der Waals surface area contributed by atoms with Crippen molar-refractivity contribution in [1.29, 1.82) is 0 Å². The topological polar surface area (TPSA) is 104 Å². The summed E-state index contributed by atoms with van der Waals surface area (Å²) in [5.41, 5.74) is 12.3. The maximum atomic E-state index is 11.0. The van der Waals surface area contributed by atoms with Gasteiger partial charge in [0.2, 0.25) is 5.91 Å². The zero-order valence-corrected chi connectivity index (χ0v) is 10.1. The average Bonchev–Trinajstić information content (AvgIpc) is 2.30. The Kier molecular flexibility index (Phi) is 5.13. The summed E-state index contributed by atoms with van der Waals surface area (Å²) in [4.78, 5) is 21.6. The predicted octanol–water partition coefficient (Wildman–Crippen LogP) is 0.630. The van der Waals surface area contributed by atoms with Crippen molar-refractivity contribution >= 4 is 17.6 Å². The molecule has 6 heteroatoms. The number of carboxylic acids is 1. The lowest BCUT2D eigenvalue weighted by Crippen LogP contribution is -2.41. The van der Waals surface area contributed by atoms with Crippen LogP contribution in [-0.4, -0.2) is 23.0 Å². The smallest absolute Gasteiger partial charge is 0.322 e. The molecule has 1 aromatic rings. The summed E-state index contributed by atoms with van der Waals surface area (Å²) in [5, 5.41) is 8.98. The van der Waals surface area contributed by atoms with Crippen molar-refractivity contribution in [2.24, 2.45) is 5.73 Å². The number of rotatable bonds is 7. The number of hydrazine groups is 1. The maximum Gasteiger partial charge on any atom is 0.322 e. The van der Waals surface area contributed by atoms with Crippen LogP contribution in [0.15, 0.2) is 24.3 Å². The quantitative estimate of drug-likeness (QED) is 0.532. The van der Waals surface area contributed by atoms with Crippen LogP contribution in [0.5, 0.6) is 0 Å². The minimum atomic E-state index is -1.03. The molecule has 0 aromatic heterocycles. The highest BCUT2D eigenvalue weighted by Gasteiger charge is 2.17. The van der Waals surface area contributed by atoms with Gasteiger partial charge in [-0.2, -0.15) is 0 Å². The Morgan fingerprint density at radius 1 is 1.39 bits per heavy atom. The van der Waals surface area contributed by atoms with E-state index in [-0.39, 0.29) is 12.8 Å². The van der Waals surface area contributed by atoms with E-state index in [4.69, 9.17) is 10.8 Å². The van der Waals surface area contributed by atoms with E-state index in [0.717, 1.165) is 11.3 Å². The fraction of sp³-hybridized carbons (Fsp3) is 0.333. The van der Waals surface area contributed by atoms with Gasteiger partial charge in [-0.1, -0.05) is 18.2 Å². The number of hydrogen-bond donors (Lipinski definition) is 4. The van der Waals surface area contributed by atoms with Crippen LogP contribution in [0.3, 0.4) is 0 Å². The van der Waals surface area contributed by atoms with E-state index in [1.165, 1.54) is 0 Å². The van der Waals surface area contributed by atoms with Crippen LogP contribution < -0.4 is 16.6 Å². The minimum Gasteiger partial charge on any atom is -0.480 e. The van der Waals surface area contributed by atoms with Gasteiger partial charge in [0, 0.05) is 6.42 Å². The number of nitrogens with one attached hydrogen (secondary N) is 2. The Hall–Kier alpha value is -2.08. The first kappa shape index (κ1) is 14.0. The number of carboxylic acid groups (broad SMARTS) is 1. The zero-order valence-electron chi connectivity index (χ0n) is 10.1. The van der Waals surface area contributed by atoms with Gasteiger partial charge in [-0.05, 0) is 25.0 Å². The van der Waals surface area contributed by atoms with Gasteiger partial charge in [-0.25, -0.2) is 5.43 Å². The molecule has 0 aliphatic rings. The summed E-state index contributed by atoms with van der Waals surface area (Å²) in [6.07, 6.45) is 0.170. The fourth-order valence-electron chi connectivity index (χ4n) is 1.42. The molecule has 5 N–H and O–H groups in total. The van der Waals surface area contributed by atoms with Gasteiger partial charge in [0.1, 0.15) is 6.04 Å². The number of hydrogen-bond acceptors (Lipinski definition) is 4. The molecule has 0 heterocycles. The van der Waals surface area contributed by atoms with Crippen LogP contribution in [0, 0.1) is 6.92 Å². The lowest BCUT2D eigenvalue weighted by Gasteiger charge is -2.16. The Morgan fingerprint density at radius 3 is 2.61 bits per heavy atom. The Morgan fingerprint density at radius 2 is 2.06 bits per heavy atom. The van der Waals surface area contributed by atoms with Crippen LogP contribution in [0.4, 0.5) is 5.69 Å². The van der Waals surface area contributed by atoms with Gasteiger partial charge in [0.05, 0.1) is 5.69 Å². The molecule has 0 unspecified atom stereocenters. The van der Waals surface area contributed by atoms with Gasteiger partial charge >= 0.3 is 5.97 Å². The normalized spacial score (nSPS) is 11.8. The average molecular weight is 251 g/mol. The number of benzene rings is 1. The molecule has 98 valence electrons. The Labute approximate surface area is 105 Å². The van der Waals surface area contributed by atoms with Crippen LogP contribution >= 0.6 is 0 Å². The monoisotopic (exact) mass is 251 g/mol. The number of aliphatic carboxylic acids is 1. The molecule has 0 radical (unpaired) electrons. The molecule has 0 bridgehead atoms. The summed E-state index contributed by atoms with van der Waals surface area (Å²) in [6.45, 7) is 1.91. The van der Waals surface area contributed by atoms with E-state index in [2.05, 4.69) is 10.9 Å². The molecule has 0 saturated heterocycles. The number of amides is 1. The molecule has 18 heavy (non-hydrogen) atoms. The number of carbonyl (C=O) groups is 2. The Bertz CT molecular complexity index is 434. The van der Waals surface area contributed by atoms with E-state index in [1.54, 1.807) is 0 Å². The third-order valence-electron chi connectivity index (χ3n) is 2.50. The minimum absolute atomic E-state index is 0.0272. The maximum absolute atomic E-state index is 11.0. The van der Waals surface area contributed by atoms with Gasteiger partial charge < -0.3 is 16.3 Å². The first-order valence-corrected chi connectivity index (χ1v) is 5.59. The second-order valence-electron chi connectivity index (χ2n) is 3.98. The highest BCUT2D eigenvalue weighted by molar-refractivity contribution is 5.77. The highest BCUT2D eigenvalue weighted by Crippen LogP contribution is 2.12. The molecule has 0 fully saturated rings. The number of anilines is 1. The molecular weight excluding hydrogens is 234 g/mol. The number of carbonyl (C=O) groups excluding carboxylic acids is 1. The van der Waals surface area contributed by atoms with Crippen LogP contribution in [-0.2, 0) is 9.59 Å².